The SMILES string of the molecule is O=C1c2ccccc2C(=O)N1CCCOc1ccc(F)cc1. The number of carbonyl (C=O) groups is 2. The van der Waals surface area contributed by atoms with Crippen LogP contribution in [0.3, 0.4) is 0 Å². The molecule has 2 aromatic carbocycles. The van der Waals surface area contributed by atoms with E-state index in [1.807, 2.05) is 0 Å². The maximum absolute atomic E-state index is 12.8. The molecular weight excluding hydrogens is 285 g/mol. The highest BCUT2D eigenvalue weighted by molar-refractivity contribution is 6.21. The maximum Gasteiger partial charge on any atom is 0.261 e. The van der Waals surface area contributed by atoms with Gasteiger partial charge in [0.05, 0.1) is 17.7 Å². The summed E-state index contributed by atoms with van der Waals surface area (Å²) in [6.07, 6.45) is 0.517. The van der Waals surface area contributed by atoms with Gasteiger partial charge in [-0.25, -0.2) is 4.39 Å². The van der Waals surface area contributed by atoms with Crippen molar-refractivity contribution in [3.63, 3.8) is 0 Å². The molecule has 0 aliphatic carbocycles. The van der Waals surface area contributed by atoms with Gasteiger partial charge >= 0.3 is 0 Å². The van der Waals surface area contributed by atoms with Crippen molar-refractivity contribution in [2.45, 2.75) is 6.42 Å². The molecule has 0 unspecified atom stereocenters. The molecule has 0 aromatic heterocycles. The van der Waals surface area contributed by atoms with Gasteiger partial charge in [-0.15, -0.1) is 0 Å². The van der Waals surface area contributed by atoms with Gasteiger partial charge in [0.15, 0.2) is 0 Å². The van der Waals surface area contributed by atoms with E-state index in [9.17, 15) is 14.0 Å². The van der Waals surface area contributed by atoms with Gasteiger partial charge < -0.3 is 4.74 Å². The standard InChI is InChI=1S/C17H14FNO3/c18-12-6-8-13(9-7-12)22-11-3-10-19-16(20)14-4-1-2-5-15(14)17(19)21/h1-2,4-9H,3,10-11H2. The van der Waals surface area contributed by atoms with Crippen LogP contribution in [0, 0.1) is 5.82 Å². The number of carbonyl (C=O) groups excluding carboxylic acids is 2. The second-order valence-electron chi connectivity index (χ2n) is 4.96. The maximum atomic E-state index is 12.8. The molecule has 0 N–H and O–H groups in total. The van der Waals surface area contributed by atoms with E-state index in [0.29, 0.717) is 36.4 Å². The van der Waals surface area contributed by atoms with E-state index < -0.39 is 0 Å². The smallest absolute Gasteiger partial charge is 0.261 e. The number of nitrogens with zero attached hydrogens (tertiary/aromatic N) is 1. The van der Waals surface area contributed by atoms with Crippen molar-refractivity contribution in [3.8, 4) is 5.75 Å². The predicted octanol–water partition coefficient (Wildman–Crippen LogP) is 2.89. The Bertz CT molecular complexity index is 677. The molecular formula is C17H14FNO3. The molecule has 0 saturated carbocycles. The van der Waals surface area contributed by atoms with E-state index in [1.165, 1.54) is 29.2 Å². The number of ether oxygens (including phenoxy) is 1. The summed E-state index contributed by atoms with van der Waals surface area (Å²) in [7, 11) is 0. The topological polar surface area (TPSA) is 46.6 Å². The van der Waals surface area contributed by atoms with Crippen molar-refractivity contribution in [3.05, 3.63) is 65.5 Å². The Morgan fingerprint density at radius 2 is 1.50 bits per heavy atom. The lowest BCUT2D eigenvalue weighted by molar-refractivity contribution is 0.0647. The molecule has 112 valence electrons. The van der Waals surface area contributed by atoms with E-state index >= 15 is 0 Å². The fourth-order valence-corrected chi connectivity index (χ4v) is 2.39. The number of rotatable bonds is 5. The minimum Gasteiger partial charge on any atom is -0.494 e. The van der Waals surface area contributed by atoms with E-state index in [1.54, 1.807) is 24.3 Å². The monoisotopic (exact) mass is 299 g/mol. The summed E-state index contributed by atoms with van der Waals surface area (Å²) >= 11 is 0. The fourth-order valence-electron chi connectivity index (χ4n) is 2.39. The van der Waals surface area contributed by atoms with Crippen molar-refractivity contribution >= 4 is 11.8 Å². The van der Waals surface area contributed by atoms with Crippen LogP contribution >= 0.6 is 0 Å². The zero-order valence-electron chi connectivity index (χ0n) is 11.8. The Morgan fingerprint density at radius 1 is 0.909 bits per heavy atom. The highest BCUT2D eigenvalue weighted by atomic mass is 19.1. The Balaban J connectivity index is 1.54. The summed E-state index contributed by atoms with van der Waals surface area (Å²) in [6.45, 7) is 0.645. The summed E-state index contributed by atoms with van der Waals surface area (Å²) in [6, 6.07) is 12.5. The van der Waals surface area contributed by atoms with Gasteiger partial charge in [0.1, 0.15) is 11.6 Å². The van der Waals surface area contributed by atoms with Crippen LogP contribution in [0.2, 0.25) is 0 Å². The molecule has 0 saturated heterocycles. The molecule has 2 amide bonds. The molecule has 0 fully saturated rings. The van der Waals surface area contributed by atoms with E-state index in [2.05, 4.69) is 0 Å². The summed E-state index contributed by atoms with van der Waals surface area (Å²) in [5, 5.41) is 0. The van der Waals surface area contributed by atoms with Crippen molar-refractivity contribution in [1.29, 1.82) is 0 Å². The van der Waals surface area contributed by atoms with Crippen LogP contribution in [0.5, 0.6) is 5.75 Å². The Hall–Kier alpha value is -2.69. The predicted molar refractivity (Wildman–Crippen MR) is 78.3 cm³/mol. The van der Waals surface area contributed by atoms with Gasteiger partial charge in [-0.3, -0.25) is 14.5 Å². The fraction of sp³-hybridized carbons (Fsp3) is 0.176. The summed E-state index contributed by atoms with van der Waals surface area (Å²) in [5.74, 6) is -0.285. The van der Waals surface area contributed by atoms with Gasteiger partial charge in [-0.05, 0) is 42.8 Å². The molecule has 1 heterocycles. The van der Waals surface area contributed by atoms with Crippen molar-refractivity contribution in [2.24, 2.45) is 0 Å². The largest absolute Gasteiger partial charge is 0.494 e. The Labute approximate surface area is 127 Å². The van der Waals surface area contributed by atoms with Gasteiger partial charge in [0, 0.05) is 6.54 Å². The second kappa shape index (κ2) is 5.97. The third-order valence-electron chi connectivity index (χ3n) is 3.49. The quantitative estimate of drug-likeness (QED) is 0.630. The number of fused-ring (bicyclic) bond motifs is 1. The lowest BCUT2D eigenvalue weighted by atomic mass is 10.1. The first-order chi connectivity index (χ1) is 10.7. The first-order valence-corrected chi connectivity index (χ1v) is 7.00. The number of benzene rings is 2. The van der Waals surface area contributed by atoms with Crippen molar-refractivity contribution in [2.75, 3.05) is 13.2 Å². The van der Waals surface area contributed by atoms with Crippen LogP contribution < -0.4 is 4.74 Å². The van der Waals surface area contributed by atoms with Crippen LogP contribution in [0.4, 0.5) is 4.39 Å². The van der Waals surface area contributed by atoms with E-state index in [-0.39, 0.29) is 17.6 Å². The second-order valence-corrected chi connectivity index (χ2v) is 4.96. The van der Waals surface area contributed by atoms with Crippen LogP contribution in [0.25, 0.3) is 0 Å². The summed E-state index contributed by atoms with van der Waals surface area (Å²) in [4.78, 5) is 25.5. The van der Waals surface area contributed by atoms with Crippen LogP contribution in [0.1, 0.15) is 27.1 Å². The minimum atomic E-state index is -0.321. The molecule has 2 aromatic rings. The van der Waals surface area contributed by atoms with Crippen LogP contribution in [0.15, 0.2) is 48.5 Å². The number of hydrogen-bond acceptors (Lipinski definition) is 3. The zero-order chi connectivity index (χ0) is 15.5. The van der Waals surface area contributed by atoms with Crippen LogP contribution in [-0.4, -0.2) is 29.9 Å². The normalized spacial score (nSPS) is 13.4. The minimum absolute atomic E-state index is 0.262. The average molecular weight is 299 g/mol. The molecule has 1 aliphatic heterocycles. The van der Waals surface area contributed by atoms with Crippen molar-refractivity contribution < 1.29 is 18.7 Å². The number of hydrogen-bond donors (Lipinski definition) is 0. The summed E-state index contributed by atoms with van der Waals surface area (Å²) in [5.41, 5.74) is 0.902. The van der Waals surface area contributed by atoms with Gasteiger partial charge in [-0.1, -0.05) is 12.1 Å². The first kappa shape index (κ1) is 14.3. The molecule has 22 heavy (non-hydrogen) atoms. The molecule has 0 bridgehead atoms. The highest BCUT2D eigenvalue weighted by Crippen LogP contribution is 2.22. The summed E-state index contributed by atoms with van der Waals surface area (Å²) < 4.78 is 18.2. The zero-order valence-corrected chi connectivity index (χ0v) is 11.8. The van der Waals surface area contributed by atoms with Crippen molar-refractivity contribution in [1.82, 2.24) is 4.90 Å². The number of halogens is 1. The average Bonchev–Trinajstić information content (AvgIpc) is 2.78. The molecule has 5 heteroatoms. The Kier molecular flexibility index (Phi) is 3.87. The van der Waals surface area contributed by atoms with Gasteiger partial charge in [0.25, 0.3) is 11.8 Å². The molecule has 0 atom stereocenters. The number of amides is 2. The highest BCUT2D eigenvalue weighted by Gasteiger charge is 2.34. The van der Waals surface area contributed by atoms with E-state index in [4.69, 9.17) is 4.74 Å². The van der Waals surface area contributed by atoms with Gasteiger partial charge in [-0.2, -0.15) is 0 Å². The molecule has 1 aliphatic rings. The Morgan fingerprint density at radius 3 is 2.09 bits per heavy atom. The lowest BCUT2D eigenvalue weighted by Gasteiger charge is -2.14. The molecule has 3 rings (SSSR count). The third-order valence-corrected chi connectivity index (χ3v) is 3.49. The molecule has 0 radical (unpaired) electrons. The lowest BCUT2D eigenvalue weighted by Crippen LogP contribution is -2.31. The number of imide groups is 1. The molecule has 0 spiro atoms. The van der Waals surface area contributed by atoms with E-state index in [0.717, 1.165) is 0 Å². The molecule has 4 nitrogen and oxygen atoms in total. The van der Waals surface area contributed by atoms with Gasteiger partial charge in [0.2, 0.25) is 0 Å². The van der Waals surface area contributed by atoms with Crippen LogP contribution in [-0.2, 0) is 0 Å². The first-order valence-electron chi connectivity index (χ1n) is 7.00. The third kappa shape index (κ3) is 2.70.